The predicted octanol–water partition coefficient (Wildman–Crippen LogP) is 4.28. The number of anilines is 1. The molecule has 0 spiro atoms. The summed E-state index contributed by atoms with van der Waals surface area (Å²) in [6.45, 7) is 1.97. The Morgan fingerprint density at radius 2 is 1.83 bits per heavy atom. The van der Waals surface area contributed by atoms with Gasteiger partial charge in [-0.05, 0) is 42.8 Å². The number of aromatic nitrogens is 3. The number of aryl methyl sites for hydroxylation is 1. The van der Waals surface area contributed by atoms with Crippen molar-refractivity contribution in [1.82, 2.24) is 14.8 Å². The first kappa shape index (κ1) is 18.6. The fourth-order valence-electron chi connectivity index (χ4n) is 3.92. The van der Waals surface area contributed by atoms with Crippen molar-refractivity contribution in [3.63, 3.8) is 0 Å². The lowest BCUT2D eigenvalue weighted by atomic mass is 9.86. The number of carbonyl (C=O) groups is 1. The standard InChI is InChI=1S/C22H20N4O3S/c1-12-20-16(13-4-6-14(28-2)7-5-13)11-19(27)24-21(20)26(25-12)22-23-17-9-8-15(29-3)10-18(17)30-22/h4-10,16H,11H2,1-3H3,(H,24,27)/t16-/m1/s1. The number of amides is 1. The number of carbonyl (C=O) groups excluding carboxylic acids is 1. The summed E-state index contributed by atoms with van der Waals surface area (Å²) in [7, 11) is 3.29. The molecule has 1 aliphatic rings. The van der Waals surface area contributed by atoms with E-state index in [-0.39, 0.29) is 11.8 Å². The number of hydrogen-bond donors (Lipinski definition) is 1. The minimum Gasteiger partial charge on any atom is -0.497 e. The molecule has 0 saturated heterocycles. The van der Waals surface area contributed by atoms with Crippen molar-refractivity contribution >= 4 is 33.3 Å². The van der Waals surface area contributed by atoms with Crippen molar-refractivity contribution in [2.75, 3.05) is 19.5 Å². The van der Waals surface area contributed by atoms with Crippen LogP contribution in [0.1, 0.15) is 29.2 Å². The summed E-state index contributed by atoms with van der Waals surface area (Å²) in [5, 5.41) is 8.46. The first-order chi connectivity index (χ1) is 14.6. The van der Waals surface area contributed by atoms with Gasteiger partial charge in [-0.25, -0.2) is 4.98 Å². The number of hydrogen-bond acceptors (Lipinski definition) is 6. The Hall–Kier alpha value is -3.39. The second-order valence-corrected chi connectivity index (χ2v) is 8.18. The molecule has 5 rings (SSSR count). The molecule has 0 radical (unpaired) electrons. The molecule has 8 heteroatoms. The Morgan fingerprint density at radius 3 is 2.57 bits per heavy atom. The normalized spacial score (nSPS) is 15.7. The molecule has 0 bridgehead atoms. The van der Waals surface area contributed by atoms with E-state index in [1.54, 1.807) is 18.9 Å². The topological polar surface area (TPSA) is 78.3 Å². The molecule has 2 aromatic carbocycles. The second kappa shape index (κ2) is 7.14. The molecule has 2 aromatic heterocycles. The third-order valence-corrected chi connectivity index (χ3v) is 6.38. The minimum atomic E-state index is -0.0668. The molecule has 3 heterocycles. The Balaban J connectivity index is 1.62. The highest BCUT2D eigenvalue weighted by atomic mass is 32.1. The molecular weight excluding hydrogens is 400 g/mol. The highest BCUT2D eigenvalue weighted by molar-refractivity contribution is 7.20. The highest BCUT2D eigenvalue weighted by Gasteiger charge is 2.33. The van der Waals surface area contributed by atoms with Crippen molar-refractivity contribution in [3.05, 3.63) is 59.3 Å². The third-order valence-electron chi connectivity index (χ3n) is 5.39. The van der Waals surface area contributed by atoms with Crippen LogP contribution in [0.3, 0.4) is 0 Å². The van der Waals surface area contributed by atoms with Crippen LogP contribution in [0.4, 0.5) is 5.82 Å². The van der Waals surface area contributed by atoms with Crippen molar-refractivity contribution in [1.29, 1.82) is 0 Å². The van der Waals surface area contributed by atoms with Crippen LogP contribution in [-0.4, -0.2) is 34.9 Å². The van der Waals surface area contributed by atoms with Gasteiger partial charge >= 0.3 is 0 Å². The van der Waals surface area contributed by atoms with E-state index in [0.29, 0.717) is 17.4 Å². The molecule has 30 heavy (non-hydrogen) atoms. The first-order valence-corrected chi connectivity index (χ1v) is 10.4. The second-order valence-electron chi connectivity index (χ2n) is 7.17. The average molecular weight is 420 g/mol. The molecule has 152 valence electrons. The fourth-order valence-corrected chi connectivity index (χ4v) is 4.87. The van der Waals surface area contributed by atoms with Crippen molar-refractivity contribution in [2.24, 2.45) is 0 Å². The maximum Gasteiger partial charge on any atom is 0.226 e. The van der Waals surface area contributed by atoms with Gasteiger partial charge in [-0.15, -0.1) is 0 Å². The summed E-state index contributed by atoms with van der Waals surface area (Å²) in [6.07, 6.45) is 0.378. The highest BCUT2D eigenvalue weighted by Crippen LogP contribution is 2.41. The Bertz CT molecular complexity index is 1260. The summed E-state index contributed by atoms with van der Waals surface area (Å²) in [5.74, 6) is 2.16. The number of nitrogens with zero attached hydrogens (tertiary/aromatic N) is 3. The zero-order valence-corrected chi connectivity index (χ0v) is 17.6. The van der Waals surface area contributed by atoms with Crippen LogP contribution in [0.2, 0.25) is 0 Å². The van der Waals surface area contributed by atoms with Gasteiger partial charge in [-0.3, -0.25) is 4.79 Å². The molecule has 7 nitrogen and oxygen atoms in total. The molecule has 0 unspecified atom stereocenters. The number of ether oxygens (including phenoxy) is 2. The largest absolute Gasteiger partial charge is 0.497 e. The lowest BCUT2D eigenvalue weighted by Gasteiger charge is -2.24. The molecule has 1 amide bonds. The van der Waals surface area contributed by atoms with Crippen molar-refractivity contribution < 1.29 is 14.3 Å². The number of nitrogens with one attached hydrogen (secondary N) is 1. The quantitative estimate of drug-likeness (QED) is 0.533. The van der Waals surface area contributed by atoms with Crippen LogP contribution in [0.5, 0.6) is 11.5 Å². The molecule has 1 N–H and O–H groups in total. The van der Waals surface area contributed by atoms with Crippen LogP contribution in [0, 0.1) is 6.92 Å². The van der Waals surface area contributed by atoms with Crippen LogP contribution < -0.4 is 14.8 Å². The Labute approximate surface area is 177 Å². The number of rotatable bonds is 4. The van der Waals surface area contributed by atoms with E-state index in [9.17, 15) is 4.79 Å². The minimum absolute atomic E-state index is 0.0350. The van der Waals surface area contributed by atoms with E-state index >= 15 is 0 Å². The molecule has 0 fully saturated rings. The Kier molecular flexibility index (Phi) is 4.43. The van der Waals surface area contributed by atoms with E-state index in [4.69, 9.17) is 19.6 Å². The number of fused-ring (bicyclic) bond motifs is 2. The van der Waals surface area contributed by atoms with Gasteiger partial charge in [0.15, 0.2) is 0 Å². The molecule has 0 saturated carbocycles. The van der Waals surface area contributed by atoms with Crippen LogP contribution in [0.25, 0.3) is 15.3 Å². The summed E-state index contributed by atoms with van der Waals surface area (Å²) in [4.78, 5) is 17.3. The van der Waals surface area contributed by atoms with Gasteiger partial charge in [-0.1, -0.05) is 23.5 Å². The zero-order valence-electron chi connectivity index (χ0n) is 16.8. The number of methoxy groups -OCH3 is 2. The first-order valence-electron chi connectivity index (χ1n) is 9.55. The summed E-state index contributed by atoms with van der Waals surface area (Å²) >= 11 is 1.51. The number of thiazole rings is 1. The summed E-state index contributed by atoms with van der Waals surface area (Å²) in [6, 6.07) is 13.6. The third kappa shape index (κ3) is 3.00. The van der Waals surface area contributed by atoms with Gasteiger partial charge in [0.2, 0.25) is 11.0 Å². The molecule has 1 aliphatic heterocycles. The SMILES string of the molecule is COc1ccc([C@H]2CC(=O)Nc3c2c(C)nn3-c2nc3ccc(OC)cc3s2)cc1. The predicted molar refractivity (Wildman–Crippen MR) is 116 cm³/mol. The van der Waals surface area contributed by atoms with Gasteiger partial charge in [-0.2, -0.15) is 9.78 Å². The smallest absolute Gasteiger partial charge is 0.226 e. The van der Waals surface area contributed by atoms with Gasteiger partial charge in [0.1, 0.15) is 17.3 Å². The molecule has 0 aliphatic carbocycles. The average Bonchev–Trinajstić information content (AvgIpc) is 3.33. The van der Waals surface area contributed by atoms with Crippen molar-refractivity contribution in [3.8, 4) is 16.6 Å². The monoisotopic (exact) mass is 420 g/mol. The lowest BCUT2D eigenvalue weighted by Crippen LogP contribution is -2.24. The van der Waals surface area contributed by atoms with E-state index in [2.05, 4.69) is 5.32 Å². The van der Waals surface area contributed by atoms with Gasteiger partial charge in [0, 0.05) is 17.9 Å². The summed E-state index contributed by atoms with van der Waals surface area (Å²) in [5.41, 5.74) is 3.83. The van der Waals surface area contributed by atoms with E-state index in [1.807, 2.05) is 49.4 Å². The van der Waals surface area contributed by atoms with Crippen LogP contribution in [-0.2, 0) is 4.79 Å². The maximum atomic E-state index is 12.6. The van der Waals surface area contributed by atoms with Crippen LogP contribution >= 0.6 is 11.3 Å². The van der Waals surface area contributed by atoms with E-state index in [1.165, 1.54) is 11.3 Å². The summed E-state index contributed by atoms with van der Waals surface area (Å²) < 4.78 is 13.3. The molecule has 4 aromatic rings. The van der Waals surface area contributed by atoms with Gasteiger partial charge in [0.25, 0.3) is 0 Å². The molecule has 1 atom stereocenters. The fraction of sp³-hybridized carbons (Fsp3) is 0.227. The molecular formula is C22H20N4O3S. The van der Waals surface area contributed by atoms with E-state index < -0.39 is 0 Å². The lowest BCUT2D eigenvalue weighted by molar-refractivity contribution is -0.116. The van der Waals surface area contributed by atoms with Gasteiger partial charge < -0.3 is 14.8 Å². The number of benzene rings is 2. The van der Waals surface area contributed by atoms with E-state index in [0.717, 1.165) is 38.5 Å². The van der Waals surface area contributed by atoms with Crippen molar-refractivity contribution in [2.45, 2.75) is 19.3 Å². The zero-order chi connectivity index (χ0) is 20.8. The maximum absolute atomic E-state index is 12.6. The van der Waals surface area contributed by atoms with Gasteiger partial charge in [0.05, 0.1) is 30.1 Å². The van der Waals surface area contributed by atoms with Crippen LogP contribution in [0.15, 0.2) is 42.5 Å². The Morgan fingerprint density at radius 1 is 1.10 bits per heavy atom.